The Hall–Kier alpha value is -2.70. The Kier molecular flexibility index (Phi) is 2.82. The number of aromatic nitrogens is 3. The molecule has 0 saturated heterocycles. The Morgan fingerprint density at radius 1 is 1.41 bits per heavy atom. The molecule has 0 saturated carbocycles. The Bertz CT molecular complexity index is 550. The fourth-order valence-electron chi connectivity index (χ4n) is 1.25. The third-order valence-electron chi connectivity index (χ3n) is 2.00. The summed E-state index contributed by atoms with van der Waals surface area (Å²) in [7, 11) is 0. The van der Waals surface area contributed by atoms with Gasteiger partial charge >= 0.3 is 5.97 Å². The third-order valence-corrected chi connectivity index (χ3v) is 2.00. The molecule has 2 heterocycles. The van der Waals surface area contributed by atoms with Crippen LogP contribution in [0.4, 0.5) is 5.69 Å². The van der Waals surface area contributed by atoms with Crippen LogP contribution in [0.15, 0.2) is 30.9 Å². The number of H-pyrrole nitrogens is 1. The van der Waals surface area contributed by atoms with Crippen molar-refractivity contribution in [2.75, 3.05) is 5.32 Å². The molecule has 3 N–H and O–H groups in total. The van der Waals surface area contributed by atoms with Gasteiger partial charge in [0.2, 0.25) is 0 Å². The number of carboxylic acid groups (broad SMARTS) is 1. The van der Waals surface area contributed by atoms with Crippen LogP contribution in [0.5, 0.6) is 0 Å². The third kappa shape index (κ3) is 2.28. The van der Waals surface area contributed by atoms with Crippen LogP contribution < -0.4 is 5.32 Å². The van der Waals surface area contributed by atoms with E-state index in [0.29, 0.717) is 0 Å². The molecule has 2 rings (SSSR count). The lowest BCUT2D eigenvalue weighted by Gasteiger charge is -2.05. The summed E-state index contributed by atoms with van der Waals surface area (Å²) in [4.78, 5) is 32.5. The number of carbonyl (C=O) groups excluding carboxylic acids is 1. The maximum Gasteiger partial charge on any atom is 0.356 e. The standard InChI is InChI=1S/C10H8N4O3/c15-9(7-4-11-5-13-7)14-6-2-1-3-12-8(6)10(16)17/h1-5H,(H,11,13)(H,14,15)(H,16,17). The minimum atomic E-state index is -1.20. The van der Waals surface area contributed by atoms with E-state index in [1.54, 1.807) is 0 Å². The molecular formula is C10H8N4O3. The second-order valence-electron chi connectivity index (χ2n) is 3.12. The van der Waals surface area contributed by atoms with Gasteiger partial charge in [0.25, 0.3) is 5.91 Å². The number of aromatic amines is 1. The van der Waals surface area contributed by atoms with Crippen LogP contribution in [0.3, 0.4) is 0 Å². The van der Waals surface area contributed by atoms with Crippen molar-refractivity contribution in [3.8, 4) is 0 Å². The molecule has 0 bridgehead atoms. The zero-order valence-corrected chi connectivity index (χ0v) is 8.54. The highest BCUT2D eigenvalue weighted by molar-refractivity contribution is 6.05. The van der Waals surface area contributed by atoms with Crippen LogP contribution in [0, 0.1) is 0 Å². The number of carbonyl (C=O) groups is 2. The van der Waals surface area contributed by atoms with Crippen molar-refractivity contribution in [3.63, 3.8) is 0 Å². The number of rotatable bonds is 3. The molecule has 17 heavy (non-hydrogen) atoms. The summed E-state index contributed by atoms with van der Waals surface area (Å²) in [6.45, 7) is 0. The summed E-state index contributed by atoms with van der Waals surface area (Å²) in [5.41, 5.74) is 0.171. The lowest BCUT2D eigenvalue weighted by atomic mass is 10.3. The molecule has 0 aromatic carbocycles. The quantitative estimate of drug-likeness (QED) is 0.723. The highest BCUT2D eigenvalue weighted by Crippen LogP contribution is 2.12. The van der Waals surface area contributed by atoms with Gasteiger partial charge in [-0.15, -0.1) is 0 Å². The molecule has 0 radical (unpaired) electrons. The van der Waals surface area contributed by atoms with E-state index in [1.807, 2.05) is 0 Å². The summed E-state index contributed by atoms with van der Waals surface area (Å²) in [5, 5.41) is 11.3. The van der Waals surface area contributed by atoms with E-state index in [1.165, 1.54) is 30.9 Å². The molecule has 2 aromatic heterocycles. The first-order chi connectivity index (χ1) is 8.18. The molecule has 0 aliphatic rings. The lowest BCUT2D eigenvalue weighted by molar-refractivity contribution is 0.0692. The highest BCUT2D eigenvalue weighted by atomic mass is 16.4. The van der Waals surface area contributed by atoms with E-state index in [0.717, 1.165) is 0 Å². The van der Waals surface area contributed by atoms with Gasteiger partial charge in [0.1, 0.15) is 5.69 Å². The molecule has 0 fully saturated rings. The number of aromatic carboxylic acids is 1. The number of carboxylic acids is 1. The number of imidazole rings is 1. The van der Waals surface area contributed by atoms with Crippen LogP contribution >= 0.6 is 0 Å². The number of hydrogen-bond donors (Lipinski definition) is 3. The van der Waals surface area contributed by atoms with Gasteiger partial charge in [-0.25, -0.2) is 14.8 Å². The topological polar surface area (TPSA) is 108 Å². The molecule has 7 heteroatoms. The van der Waals surface area contributed by atoms with Gasteiger partial charge in [-0.3, -0.25) is 4.79 Å². The number of amides is 1. The molecule has 0 aliphatic heterocycles. The van der Waals surface area contributed by atoms with Gasteiger partial charge in [0, 0.05) is 6.20 Å². The molecule has 0 unspecified atom stereocenters. The Labute approximate surface area is 95.5 Å². The second kappa shape index (κ2) is 4.44. The molecule has 0 spiro atoms. The SMILES string of the molecule is O=C(Nc1cccnc1C(=O)O)c1cnc[nH]1. The lowest BCUT2D eigenvalue weighted by Crippen LogP contribution is -2.15. The number of anilines is 1. The normalized spacial score (nSPS) is 9.88. The van der Waals surface area contributed by atoms with Crippen LogP contribution in [0.25, 0.3) is 0 Å². The predicted octanol–water partition coefficient (Wildman–Crippen LogP) is 0.755. The van der Waals surface area contributed by atoms with Crippen molar-refractivity contribution in [3.05, 3.63) is 42.2 Å². The minimum absolute atomic E-state index is 0.139. The van der Waals surface area contributed by atoms with Gasteiger partial charge < -0.3 is 15.4 Å². The van der Waals surface area contributed by atoms with Crippen LogP contribution in [0.2, 0.25) is 0 Å². The molecule has 1 amide bonds. The van der Waals surface area contributed by atoms with Crippen molar-refractivity contribution in [1.82, 2.24) is 15.0 Å². The Balaban J connectivity index is 2.25. The van der Waals surface area contributed by atoms with Gasteiger partial charge in [0.05, 0.1) is 18.2 Å². The van der Waals surface area contributed by atoms with Crippen LogP contribution in [-0.4, -0.2) is 31.9 Å². The van der Waals surface area contributed by atoms with E-state index in [-0.39, 0.29) is 17.1 Å². The zero-order chi connectivity index (χ0) is 12.3. The monoisotopic (exact) mass is 232 g/mol. The fourth-order valence-corrected chi connectivity index (χ4v) is 1.25. The first kappa shape index (κ1) is 10.8. The summed E-state index contributed by atoms with van der Waals surface area (Å²) in [6, 6.07) is 3.00. The van der Waals surface area contributed by atoms with E-state index in [9.17, 15) is 9.59 Å². The summed E-state index contributed by atoms with van der Waals surface area (Å²) < 4.78 is 0. The predicted molar refractivity (Wildman–Crippen MR) is 57.7 cm³/mol. The summed E-state index contributed by atoms with van der Waals surface area (Å²) >= 11 is 0. The number of hydrogen-bond acceptors (Lipinski definition) is 4. The minimum Gasteiger partial charge on any atom is -0.476 e. The smallest absolute Gasteiger partial charge is 0.356 e. The number of pyridine rings is 1. The average molecular weight is 232 g/mol. The molecule has 86 valence electrons. The van der Waals surface area contributed by atoms with Crippen molar-refractivity contribution in [1.29, 1.82) is 0 Å². The van der Waals surface area contributed by atoms with Crippen molar-refractivity contribution >= 4 is 17.6 Å². The maximum absolute atomic E-state index is 11.6. The van der Waals surface area contributed by atoms with Crippen LogP contribution in [-0.2, 0) is 0 Å². The molecular weight excluding hydrogens is 224 g/mol. The van der Waals surface area contributed by atoms with E-state index < -0.39 is 11.9 Å². The zero-order valence-electron chi connectivity index (χ0n) is 8.54. The molecule has 0 atom stereocenters. The van der Waals surface area contributed by atoms with Gasteiger partial charge in [-0.2, -0.15) is 0 Å². The van der Waals surface area contributed by atoms with E-state index in [4.69, 9.17) is 5.11 Å². The number of nitrogens with zero attached hydrogens (tertiary/aromatic N) is 2. The first-order valence-corrected chi connectivity index (χ1v) is 4.66. The number of nitrogens with one attached hydrogen (secondary N) is 2. The molecule has 0 aliphatic carbocycles. The van der Waals surface area contributed by atoms with Crippen LogP contribution in [0.1, 0.15) is 21.0 Å². The maximum atomic E-state index is 11.6. The van der Waals surface area contributed by atoms with E-state index >= 15 is 0 Å². The molecule has 7 nitrogen and oxygen atoms in total. The molecule has 2 aromatic rings. The van der Waals surface area contributed by atoms with Crippen molar-refractivity contribution in [2.24, 2.45) is 0 Å². The van der Waals surface area contributed by atoms with E-state index in [2.05, 4.69) is 20.3 Å². The Morgan fingerprint density at radius 2 is 2.24 bits per heavy atom. The van der Waals surface area contributed by atoms with Gasteiger partial charge in [-0.05, 0) is 12.1 Å². The summed E-state index contributed by atoms with van der Waals surface area (Å²) in [6.07, 6.45) is 4.04. The largest absolute Gasteiger partial charge is 0.476 e. The average Bonchev–Trinajstić information content (AvgIpc) is 2.83. The van der Waals surface area contributed by atoms with Gasteiger partial charge in [-0.1, -0.05) is 0 Å². The highest BCUT2D eigenvalue weighted by Gasteiger charge is 2.14. The summed E-state index contributed by atoms with van der Waals surface area (Å²) in [5.74, 6) is -1.68. The van der Waals surface area contributed by atoms with Crippen molar-refractivity contribution in [2.45, 2.75) is 0 Å². The fraction of sp³-hybridized carbons (Fsp3) is 0. The second-order valence-corrected chi connectivity index (χ2v) is 3.12. The first-order valence-electron chi connectivity index (χ1n) is 4.66. The van der Waals surface area contributed by atoms with Gasteiger partial charge in [0.15, 0.2) is 5.69 Å². The van der Waals surface area contributed by atoms with Crippen molar-refractivity contribution < 1.29 is 14.7 Å². The Morgan fingerprint density at radius 3 is 2.88 bits per heavy atom.